The van der Waals surface area contributed by atoms with Crippen LogP contribution in [0.15, 0.2) is 82.6 Å². The van der Waals surface area contributed by atoms with Crippen LogP contribution < -0.4 is 10.2 Å². The van der Waals surface area contributed by atoms with Crippen LogP contribution in [0.1, 0.15) is 34.3 Å². The van der Waals surface area contributed by atoms with Gasteiger partial charge in [-0.25, -0.2) is 0 Å². The van der Waals surface area contributed by atoms with Crippen LogP contribution in [0.4, 0.5) is 5.69 Å². The van der Waals surface area contributed by atoms with E-state index < -0.39 is 0 Å². The minimum Gasteiger partial charge on any atom is -0.349 e. The lowest BCUT2D eigenvalue weighted by Gasteiger charge is -2.32. The standard InChI is InChI=1S/C29H28ClN3O2S/c1-32-25-18-22(10-11-26(25)36-27(29(32)35)17-21-8-5-9-23(30)16-21)28(34)31-24-12-14-33(15-13-24)19-20-6-3-2-4-7-20/h2-11,16-18,24H,12-15,19H2,1H3,(H,31,34). The molecule has 7 heteroatoms. The molecular formula is C29H28ClN3O2S. The minimum absolute atomic E-state index is 0.0922. The molecule has 1 fully saturated rings. The number of nitrogens with one attached hydrogen (secondary N) is 1. The highest BCUT2D eigenvalue weighted by Gasteiger charge is 2.28. The van der Waals surface area contributed by atoms with Gasteiger partial charge in [0.2, 0.25) is 0 Å². The van der Waals surface area contributed by atoms with E-state index in [-0.39, 0.29) is 17.9 Å². The van der Waals surface area contributed by atoms with E-state index in [1.54, 1.807) is 11.9 Å². The minimum atomic E-state index is -0.101. The predicted molar refractivity (Wildman–Crippen MR) is 147 cm³/mol. The van der Waals surface area contributed by atoms with Crippen LogP contribution in [0.5, 0.6) is 0 Å². The van der Waals surface area contributed by atoms with Crippen molar-refractivity contribution in [2.24, 2.45) is 0 Å². The Kier molecular flexibility index (Phi) is 7.46. The fraction of sp³-hybridized carbons (Fsp3) is 0.241. The van der Waals surface area contributed by atoms with Gasteiger partial charge < -0.3 is 10.2 Å². The smallest absolute Gasteiger partial charge is 0.264 e. The van der Waals surface area contributed by atoms with Crippen LogP contribution in [0.25, 0.3) is 6.08 Å². The summed E-state index contributed by atoms with van der Waals surface area (Å²) in [5.41, 5.74) is 3.51. The third-order valence-corrected chi connectivity index (χ3v) is 7.95. The number of amides is 2. The van der Waals surface area contributed by atoms with Gasteiger partial charge in [-0.05, 0) is 60.4 Å². The number of piperidine rings is 1. The number of likely N-dealkylation sites (N-methyl/N-ethyl adjacent to an activating group) is 1. The Morgan fingerprint density at radius 3 is 2.58 bits per heavy atom. The first kappa shape index (κ1) is 24.6. The highest BCUT2D eigenvalue weighted by molar-refractivity contribution is 8.04. The van der Waals surface area contributed by atoms with Crippen LogP contribution >= 0.6 is 23.4 Å². The van der Waals surface area contributed by atoms with E-state index in [9.17, 15) is 9.59 Å². The summed E-state index contributed by atoms with van der Waals surface area (Å²) < 4.78 is 0. The average Bonchev–Trinajstić information content (AvgIpc) is 2.89. The van der Waals surface area contributed by atoms with Crippen LogP contribution in [-0.2, 0) is 11.3 Å². The normalized spacial score (nSPS) is 17.8. The summed E-state index contributed by atoms with van der Waals surface area (Å²) in [6, 6.07) is 23.6. The van der Waals surface area contributed by atoms with Crippen LogP contribution in [0.3, 0.4) is 0 Å². The lowest BCUT2D eigenvalue weighted by molar-refractivity contribution is -0.114. The zero-order valence-corrected chi connectivity index (χ0v) is 21.7. The quantitative estimate of drug-likeness (QED) is 0.432. The molecule has 0 bridgehead atoms. The number of halogens is 1. The number of nitrogens with zero attached hydrogens (tertiary/aromatic N) is 2. The van der Waals surface area contributed by atoms with E-state index in [1.807, 2.05) is 54.6 Å². The number of thioether (sulfide) groups is 1. The first-order valence-electron chi connectivity index (χ1n) is 12.1. The van der Waals surface area contributed by atoms with Crippen molar-refractivity contribution in [3.8, 4) is 0 Å². The van der Waals surface area contributed by atoms with E-state index in [0.29, 0.717) is 15.5 Å². The molecule has 0 unspecified atom stereocenters. The molecule has 2 aliphatic rings. The van der Waals surface area contributed by atoms with E-state index in [0.717, 1.165) is 48.6 Å². The molecule has 0 aliphatic carbocycles. The van der Waals surface area contributed by atoms with Crippen molar-refractivity contribution in [2.45, 2.75) is 30.3 Å². The van der Waals surface area contributed by atoms with Crippen LogP contribution in [-0.4, -0.2) is 42.9 Å². The first-order chi connectivity index (χ1) is 17.5. The number of fused-ring (bicyclic) bond motifs is 1. The number of likely N-dealkylation sites (tertiary alicyclic amines) is 1. The topological polar surface area (TPSA) is 52.7 Å². The van der Waals surface area contributed by atoms with Gasteiger partial charge >= 0.3 is 0 Å². The zero-order chi connectivity index (χ0) is 25.1. The molecular weight excluding hydrogens is 490 g/mol. The number of rotatable bonds is 5. The molecule has 5 nitrogen and oxygen atoms in total. The summed E-state index contributed by atoms with van der Waals surface area (Å²) >= 11 is 7.51. The van der Waals surface area contributed by atoms with Gasteiger partial charge in [0.15, 0.2) is 0 Å². The molecule has 0 aromatic heterocycles. The fourth-order valence-corrected chi connectivity index (χ4v) is 5.92. The molecule has 2 heterocycles. The predicted octanol–water partition coefficient (Wildman–Crippen LogP) is 5.84. The van der Waals surface area contributed by atoms with Gasteiger partial charge in [0.05, 0.1) is 10.6 Å². The molecule has 0 radical (unpaired) electrons. The Balaban J connectivity index is 1.22. The summed E-state index contributed by atoms with van der Waals surface area (Å²) in [4.78, 5) is 31.7. The van der Waals surface area contributed by atoms with Crippen molar-refractivity contribution in [3.63, 3.8) is 0 Å². The number of hydrogen-bond donors (Lipinski definition) is 1. The highest BCUT2D eigenvalue weighted by Crippen LogP contribution is 2.42. The Labute approximate surface area is 221 Å². The fourth-order valence-electron chi connectivity index (χ4n) is 4.63. The largest absolute Gasteiger partial charge is 0.349 e. The number of carbonyl (C=O) groups is 2. The molecule has 0 atom stereocenters. The molecule has 1 saturated heterocycles. The third-order valence-electron chi connectivity index (χ3n) is 6.64. The molecule has 36 heavy (non-hydrogen) atoms. The van der Waals surface area contributed by atoms with Crippen molar-refractivity contribution in [1.29, 1.82) is 0 Å². The van der Waals surface area contributed by atoms with E-state index in [4.69, 9.17) is 11.6 Å². The molecule has 2 amide bonds. The average molecular weight is 518 g/mol. The summed E-state index contributed by atoms with van der Waals surface area (Å²) in [5, 5.41) is 3.83. The maximum absolute atomic E-state index is 13.0. The molecule has 3 aromatic rings. The maximum atomic E-state index is 13.0. The first-order valence-corrected chi connectivity index (χ1v) is 13.3. The number of anilines is 1. The molecule has 0 saturated carbocycles. The summed E-state index contributed by atoms with van der Waals surface area (Å²) in [7, 11) is 1.75. The maximum Gasteiger partial charge on any atom is 0.264 e. The SMILES string of the molecule is CN1C(=O)C(=Cc2cccc(Cl)c2)Sc2ccc(C(=O)NC3CCN(Cc4ccccc4)CC3)cc21. The number of benzene rings is 3. The third kappa shape index (κ3) is 5.67. The Morgan fingerprint density at radius 1 is 1.06 bits per heavy atom. The van der Waals surface area contributed by atoms with Crippen molar-refractivity contribution >= 4 is 46.9 Å². The van der Waals surface area contributed by atoms with E-state index >= 15 is 0 Å². The van der Waals surface area contributed by atoms with Crippen molar-refractivity contribution in [3.05, 3.63) is 99.4 Å². The van der Waals surface area contributed by atoms with Gasteiger partial charge in [0.25, 0.3) is 11.8 Å². The van der Waals surface area contributed by atoms with Crippen molar-refractivity contribution in [2.75, 3.05) is 25.0 Å². The molecule has 184 valence electrons. The van der Waals surface area contributed by atoms with Crippen molar-refractivity contribution in [1.82, 2.24) is 10.2 Å². The van der Waals surface area contributed by atoms with E-state index in [2.05, 4.69) is 34.5 Å². The summed E-state index contributed by atoms with van der Waals surface area (Å²) in [5.74, 6) is -0.193. The van der Waals surface area contributed by atoms with E-state index in [1.165, 1.54) is 17.3 Å². The molecule has 1 N–H and O–H groups in total. The number of hydrogen-bond acceptors (Lipinski definition) is 4. The van der Waals surface area contributed by atoms with Crippen molar-refractivity contribution < 1.29 is 9.59 Å². The zero-order valence-electron chi connectivity index (χ0n) is 20.1. The van der Waals surface area contributed by atoms with Gasteiger partial charge in [-0.1, -0.05) is 65.8 Å². The number of carbonyl (C=O) groups excluding carboxylic acids is 2. The van der Waals surface area contributed by atoms with Gasteiger partial charge in [0, 0.05) is 48.2 Å². The second-order valence-corrected chi connectivity index (χ2v) is 10.7. The summed E-state index contributed by atoms with van der Waals surface area (Å²) in [6.07, 6.45) is 3.70. The van der Waals surface area contributed by atoms with Gasteiger partial charge in [-0.3, -0.25) is 14.5 Å². The van der Waals surface area contributed by atoms with Gasteiger partial charge in [0.1, 0.15) is 0 Å². The molecule has 0 spiro atoms. The molecule has 2 aliphatic heterocycles. The second-order valence-electron chi connectivity index (χ2n) is 9.22. The molecule has 3 aromatic carbocycles. The Bertz CT molecular complexity index is 1300. The van der Waals surface area contributed by atoms with Gasteiger partial charge in [-0.2, -0.15) is 0 Å². The van der Waals surface area contributed by atoms with Gasteiger partial charge in [-0.15, -0.1) is 0 Å². The Morgan fingerprint density at radius 2 is 1.83 bits per heavy atom. The monoisotopic (exact) mass is 517 g/mol. The lowest BCUT2D eigenvalue weighted by Crippen LogP contribution is -2.44. The summed E-state index contributed by atoms with van der Waals surface area (Å²) in [6.45, 7) is 2.86. The second kappa shape index (κ2) is 10.9. The Hall–Kier alpha value is -3.06. The highest BCUT2D eigenvalue weighted by atomic mass is 35.5. The van der Waals surface area contributed by atoms with Crippen LogP contribution in [0, 0.1) is 0 Å². The lowest BCUT2D eigenvalue weighted by atomic mass is 10.0. The molecule has 5 rings (SSSR count). The van der Waals surface area contributed by atoms with Crippen LogP contribution in [0.2, 0.25) is 5.02 Å².